The van der Waals surface area contributed by atoms with Gasteiger partial charge < -0.3 is 19.4 Å². The molecule has 1 aromatic carbocycles. The molecule has 0 radical (unpaired) electrons. The third-order valence-corrected chi connectivity index (χ3v) is 6.38. The third kappa shape index (κ3) is 3.48. The van der Waals surface area contributed by atoms with E-state index in [9.17, 15) is 4.79 Å². The van der Waals surface area contributed by atoms with Gasteiger partial charge in [0.15, 0.2) is 6.04 Å². The second kappa shape index (κ2) is 8.16. The highest BCUT2D eigenvalue weighted by Crippen LogP contribution is 2.31. The molecule has 1 aliphatic carbocycles. The number of H-pyrrole nitrogens is 1. The number of hydrogen-bond donors (Lipinski definition) is 2. The zero-order valence-corrected chi connectivity index (χ0v) is 17.1. The maximum Gasteiger partial charge on any atom is 0.258 e. The second-order valence-corrected chi connectivity index (χ2v) is 8.13. The average Bonchev–Trinajstić information content (AvgIpc) is 3.47. The smallest absolute Gasteiger partial charge is 0.258 e. The molecule has 30 heavy (non-hydrogen) atoms. The van der Waals surface area contributed by atoms with Crippen LogP contribution in [-0.4, -0.2) is 58.6 Å². The Morgan fingerprint density at radius 2 is 2.03 bits per heavy atom. The topological polar surface area (TPSA) is 99.4 Å². The van der Waals surface area contributed by atoms with E-state index in [1.165, 1.54) is 17.7 Å². The number of morpholine rings is 1. The molecule has 0 unspecified atom stereocenters. The number of methoxy groups -OCH3 is 1. The van der Waals surface area contributed by atoms with Crippen molar-refractivity contribution in [3.05, 3.63) is 46.0 Å². The lowest BCUT2D eigenvalue weighted by Crippen LogP contribution is -3.14. The summed E-state index contributed by atoms with van der Waals surface area (Å²) in [6.45, 7) is 2.93. The molecule has 2 fully saturated rings. The quantitative estimate of drug-likeness (QED) is 0.639. The second-order valence-electron chi connectivity index (χ2n) is 8.13. The summed E-state index contributed by atoms with van der Waals surface area (Å²) in [4.78, 5) is 17.5. The number of pyridine rings is 1. The molecule has 1 saturated carbocycles. The fourth-order valence-electron chi connectivity index (χ4n) is 4.81. The van der Waals surface area contributed by atoms with E-state index in [1.807, 2.05) is 28.9 Å². The Morgan fingerprint density at radius 3 is 2.80 bits per heavy atom. The van der Waals surface area contributed by atoms with Crippen molar-refractivity contribution in [1.82, 2.24) is 25.2 Å². The maximum atomic E-state index is 13.2. The molecule has 1 saturated heterocycles. The van der Waals surface area contributed by atoms with Gasteiger partial charge in [-0.15, -0.1) is 5.10 Å². The molecule has 5 rings (SSSR count). The first-order chi connectivity index (χ1) is 14.7. The van der Waals surface area contributed by atoms with Crippen LogP contribution in [0.2, 0.25) is 0 Å². The van der Waals surface area contributed by atoms with Crippen molar-refractivity contribution < 1.29 is 14.4 Å². The molecule has 3 aromatic rings. The van der Waals surface area contributed by atoms with Crippen molar-refractivity contribution >= 4 is 10.9 Å². The maximum absolute atomic E-state index is 13.2. The predicted molar refractivity (Wildman–Crippen MR) is 110 cm³/mol. The van der Waals surface area contributed by atoms with E-state index in [0.29, 0.717) is 24.8 Å². The zero-order chi connectivity index (χ0) is 20.5. The van der Waals surface area contributed by atoms with Gasteiger partial charge in [-0.1, -0.05) is 12.8 Å². The number of tetrazole rings is 1. The van der Waals surface area contributed by atoms with Gasteiger partial charge in [-0.3, -0.25) is 4.79 Å². The highest BCUT2D eigenvalue weighted by molar-refractivity contribution is 5.80. The molecule has 9 nitrogen and oxygen atoms in total. The van der Waals surface area contributed by atoms with Gasteiger partial charge in [-0.2, -0.15) is 0 Å². The molecule has 2 aromatic heterocycles. The van der Waals surface area contributed by atoms with Crippen molar-refractivity contribution in [2.45, 2.75) is 37.8 Å². The molecule has 1 aliphatic heterocycles. The molecule has 2 aliphatic rings. The minimum Gasteiger partial charge on any atom is -0.497 e. The standard InChI is InChI=1S/C21H26N6O3/c1-29-16-6-7-18-14(12-16)13-17(21(28)22-18)19(26-8-10-30-11-9-26)20-23-24-25-27(20)15-4-2-3-5-15/h6-7,12-13,15,19H,2-5,8-11H2,1H3,(H,22,28)/p+1/t19-/m1/s1. The molecule has 158 valence electrons. The fraction of sp³-hybridized carbons (Fsp3) is 0.524. The summed E-state index contributed by atoms with van der Waals surface area (Å²) in [5, 5.41) is 13.7. The first-order valence-corrected chi connectivity index (χ1v) is 10.7. The Labute approximate surface area is 174 Å². The van der Waals surface area contributed by atoms with Crippen LogP contribution in [0.3, 0.4) is 0 Å². The van der Waals surface area contributed by atoms with Crippen LogP contribution in [0.5, 0.6) is 5.75 Å². The Hall–Kier alpha value is -2.78. The Morgan fingerprint density at radius 1 is 1.23 bits per heavy atom. The van der Waals surface area contributed by atoms with E-state index < -0.39 is 0 Å². The minimum absolute atomic E-state index is 0.0994. The summed E-state index contributed by atoms with van der Waals surface area (Å²) in [6.07, 6.45) is 4.54. The van der Waals surface area contributed by atoms with Gasteiger partial charge in [0.1, 0.15) is 18.8 Å². The highest BCUT2D eigenvalue weighted by Gasteiger charge is 2.37. The van der Waals surface area contributed by atoms with E-state index in [0.717, 1.165) is 48.4 Å². The largest absolute Gasteiger partial charge is 0.497 e. The molecule has 0 bridgehead atoms. The number of fused-ring (bicyclic) bond motifs is 1. The van der Waals surface area contributed by atoms with Crippen LogP contribution in [0.25, 0.3) is 10.9 Å². The minimum atomic E-state index is -0.246. The number of aromatic amines is 1. The Kier molecular flexibility index (Phi) is 5.22. The summed E-state index contributed by atoms with van der Waals surface area (Å²) >= 11 is 0. The summed E-state index contributed by atoms with van der Waals surface area (Å²) in [5.41, 5.74) is 1.37. The van der Waals surface area contributed by atoms with Crippen molar-refractivity contribution in [3.8, 4) is 5.75 Å². The van der Waals surface area contributed by atoms with Crippen LogP contribution in [0.4, 0.5) is 0 Å². The molecule has 0 amide bonds. The fourth-order valence-corrected chi connectivity index (χ4v) is 4.81. The van der Waals surface area contributed by atoms with Gasteiger partial charge in [-0.25, -0.2) is 4.68 Å². The van der Waals surface area contributed by atoms with Crippen molar-refractivity contribution in [3.63, 3.8) is 0 Å². The van der Waals surface area contributed by atoms with E-state index in [1.54, 1.807) is 7.11 Å². The summed E-state index contributed by atoms with van der Waals surface area (Å²) in [6, 6.07) is 7.70. The van der Waals surface area contributed by atoms with E-state index in [4.69, 9.17) is 9.47 Å². The van der Waals surface area contributed by atoms with Gasteiger partial charge in [0.2, 0.25) is 5.82 Å². The van der Waals surface area contributed by atoms with Crippen LogP contribution in [0.15, 0.2) is 29.1 Å². The molecular formula is C21H27N6O3+. The van der Waals surface area contributed by atoms with Crippen LogP contribution < -0.4 is 15.2 Å². The van der Waals surface area contributed by atoms with Gasteiger partial charge in [-0.05, 0) is 47.5 Å². The lowest BCUT2D eigenvalue weighted by Gasteiger charge is -2.31. The molecule has 9 heteroatoms. The van der Waals surface area contributed by atoms with Crippen LogP contribution in [-0.2, 0) is 4.74 Å². The lowest BCUT2D eigenvalue weighted by atomic mass is 10.0. The molecular weight excluding hydrogens is 384 g/mol. The van der Waals surface area contributed by atoms with E-state index >= 15 is 0 Å². The van der Waals surface area contributed by atoms with Gasteiger partial charge in [0.05, 0.1) is 31.9 Å². The van der Waals surface area contributed by atoms with Crippen molar-refractivity contribution in [2.24, 2.45) is 0 Å². The number of rotatable bonds is 5. The summed E-state index contributed by atoms with van der Waals surface area (Å²) < 4.78 is 12.9. The zero-order valence-electron chi connectivity index (χ0n) is 17.1. The van der Waals surface area contributed by atoms with Crippen LogP contribution in [0.1, 0.15) is 49.2 Å². The third-order valence-electron chi connectivity index (χ3n) is 6.38. The molecule has 0 spiro atoms. The number of hydrogen-bond acceptors (Lipinski definition) is 6. The van der Waals surface area contributed by atoms with Crippen molar-refractivity contribution in [1.29, 1.82) is 0 Å². The number of nitrogens with one attached hydrogen (secondary N) is 2. The highest BCUT2D eigenvalue weighted by atomic mass is 16.5. The number of nitrogens with zero attached hydrogens (tertiary/aromatic N) is 4. The van der Waals surface area contributed by atoms with E-state index in [2.05, 4.69) is 20.5 Å². The van der Waals surface area contributed by atoms with Crippen LogP contribution >= 0.6 is 0 Å². The van der Waals surface area contributed by atoms with Gasteiger partial charge in [0, 0.05) is 10.9 Å². The van der Waals surface area contributed by atoms with Gasteiger partial charge in [0.25, 0.3) is 5.56 Å². The van der Waals surface area contributed by atoms with Gasteiger partial charge >= 0.3 is 0 Å². The number of benzene rings is 1. The SMILES string of the molecule is COc1ccc2[nH]c(=O)c([C@H](c3nnnn3C3CCCC3)[NH+]3CCOCC3)cc2c1. The van der Waals surface area contributed by atoms with Crippen molar-refractivity contribution in [2.75, 3.05) is 33.4 Å². The first kappa shape index (κ1) is 19.2. The molecule has 3 heterocycles. The Bertz CT molecular complexity index is 1080. The average molecular weight is 411 g/mol. The predicted octanol–water partition coefficient (Wildman–Crippen LogP) is 0.643. The normalized spacial score (nSPS) is 19.4. The lowest BCUT2D eigenvalue weighted by molar-refractivity contribution is -0.933. The number of aromatic nitrogens is 5. The van der Waals surface area contributed by atoms with Crippen LogP contribution in [0, 0.1) is 0 Å². The molecule has 2 N–H and O–H groups in total. The summed E-state index contributed by atoms with van der Waals surface area (Å²) in [5.74, 6) is 1.53. The number of ether oxygens (including phenoxy) is 2. The Balaban J connectivity index is 1.65. The molecule has 1 atom stereocenters. The first-order valence-electron chi connectivity index (χ1n) is 10.7. The van der Waals surface area contributed by atoms with E-state index in [-0.39, 0.29) is 11.6 Å². The summed E-state index contributed by atoms with van der Waals surface area (Å²) in [7, 11) is 1.64. The number of quaternary nitrogens is 1. The monoisotopic (exact) mass is 411 g/mol.